The van der Waals surface area contributed by atoms with Gasteiger partial charge >= 0.3 is 0 Å². The maximum absolute atomic E-state index is 12.1. The topological polar surface area (TPSA) is 65.5 Å². The van der Waals surface area contributed by atoms with Gasteiger partial charge in [-0.25, -0.2) is 0 Å². The van der Waals surface area contributed by atoms with Crippen molar-refractivity contribution in [2.45, 2.75) is 25.4 Å². The summed E-state index contributed by atoms with van der Waals surface area (Å²) < 4.78 is 11.7. The Morgan fingerprint density at radius 1 is 0.900 bits per heavy atom. The lowest BCUT2D eigenvalue weighted by Gasteiger charge is -2.20. The predicted molar refractivity (Wildman–Crippen MR) is 122 cm³/mol. The predicted octanol–water partition coefficient (Wildman–Crippen LogP) is 5.51. The second-order valence-corrected chi connectivity index (χ2v) is 6.84. The van der Waals surface area contributed by atoms with Gasteiger partial charge in [-0.1, -0.05) is 60.7 Å². The molecule has 4 aromatic rings. The molecular formula is C26H27NO3. The van der Waals surface area contributed by atoms with Gasteiger partial charge in [0.2, 0.25) is 0 Å². The van der Waals surface area contributed by atoms with E-state index in [-0.39, 0.29) is 11.5 Å². The molecule has 154 valence electrons. The summed E-state index contributed by atoms with van der Waals surface area (Å²) in [5, 5.41) is 0.538. The van der Waals surface area contributed by atoms with E-state index < -0.39 is 0 Å². The van der Waals surface area contributed by atoms with Gasteiger partial charge in [-0.15, -0.1) is 0 Å². The molecule has 0 amide bonds. The van der Waals surface area contributed by atoms with Gasteiger partial charge in [0.05, 0.1) is 11.6 Å². The van der Waals surface area contributed by atoms with Crippen molar-refractivity contribution >= 4 is 11.0 Å². The fourth-order valence-corrected chi connectivity index (χ4v) is 3.40. The van der Waals surface area contributed by atoms with Gasteiger partial charge in [-0.05, 0) is 55.6 Å². The number of aryl methyl sites for hydroxylation is 1. The minimum absolute atomic E-state index is 0.0629. The highest BCUT2D eigenvalue weighted by Gasteiger charge is 2.14. The Kier molecular flexibility index (Phi) is 7.81. The van der Waals surface area contributed by atoms with Crippen LogP contribution in [-0.2, 0) is 6.42 Å². The van der Waals surface area contributed by atoms with Gasteiger partial charge in [-0.3, -0.25) is 4.79 Å². The average molecular weight is 402 g/mol. The van der Waals surface area contributed by atoms with Crippen molar-refractivity contribution in [3.63, 3.8) is 0 Å². The number of benzene rings is 3. The van der Waals surface area contributed by atoms with Crippen LogP contribution in [0.4, 0.5) is 0 Å². The van der Waals surface area contributed by atoms with Gasteiger partial charge in [0.15, 0.2) is 5.43 Å². The first-order chi connectivity index (χ1) is 14.8. The summed E-state index contributed by atoms with van der Waals surface area (Å²) >= 11 is 0. The molecule has 0 bridgehead atoms. The lowest BCUT2D eigenvalue weighted by Crippen LogP contribution is -2.09. The van der Waals surface area contributed by atoms with Crippen molar-refractivity contribution in [1.29, 1.82) is 0 Å². The normalized spacial score (nSPS) is 11.4. The van der Waals surface area contributed by atoms with Crippen LogP contribution in [0.2, 0.25) is 0 Å². The molecule has 0 saturated heterocycles. The Bertz CT molecular complexity index is 1090. The molecule has 0 aliphatic rings. The second-order valence-electron chi connectivity index (χ2n) is 6.84. The smallest absolute Gasteiger partial charge is 0.192 e. The van der Waals surface area contributed by atoms with Crippen LogP contribution in [0.25, 0.3) is 11.0 Å². The minimum Gasteiger partial charge on any atom is -0.486 e. The van der Waals surface area contributed by atoms with E-state index in [2.05, 4.69) is 42.1 Å². The first-order valence-electron chi connectivity index (χ1n) is 10.1. The molecule has 2 N–H and O–H groups in total. The van der Waals surface area contributed by atoms with Crippen LogP contribution in [0.15, 0.2) is 100 Å². The molecule has 0 aliphatic carbocycles. The zero-order valence-corrected chi connectivity index (χ0v) is 17.2. The molecule has 0 radical (unpaired) electrons. The van der Waals surface area contributed by atoms with Crippen molar-refractivity contribution in [2.24, 2.45) is 5.73 Å². The average Bonchev–Trinajstić information content (AvgIpc) is 2.81. The molecule has 1 atom stereocenters. The summed E-state index contributed by atoms with van der Waals surface area (Å²) in [6.45, 7) is 0. The number of ether oxygens (including phenoxy) is 1. The van der Waals surface area contributed by atoms with E-state index in [0.29, 0.717) is 16.7 Å². The van der Waals surface area contributed by atoms with Crippen LogP contribution < -0.4 is 15.9 Å². The highest BCUT2D eigenvalue weighted by atomic mass is 16.5. The molecule has 1 heterocycles. The fraction of sp³-hybridized carbons (Fsp3) is 0.192. The Morgan fingerprint density at radius 2 is 1.60 bits per heavy atom. The van der Waals surface area contributed by atoms with Gasteiger partial charge in [-0.2, -0.15) is 0 Å². The third-order valence-corrected chi connectivity index (χ3v) is 4.86. The van der Waals surface area contributed by atoms with Crippen LogP contribution in [0.3, 0.4) is 0 Å². The number of hydrogen-bond donors (Lipinski definition) is 1. The minimum atomic E-state index is -0.0712. The van der Waals surface area contributed by atoms with E-state index in [0.717, 1.165) is 24.8 Å². The van der Waals surface area contributed by atoms with Gasteiger partial charge in [0.1, 0.15) is 17.4 Å². The second kappa shape index (κ2) is 11.0. The molecule has 4 nitrogen and oxygen atoms in total. The third kappa shape index (κ3) is 5.58. The van der Waals surface area contributed by atoms with Crippen LogP contribution in [-0.4, -0.2) is 7.05 Å². The van der Waals surface area contributed by atoms with E-state index in [1.807, 2.05) is 30.3 Å². The standard InChI is InChI=1S/C25H22O3.CH5N/c26-23-16-17-27-25-15-14-21(18-22(23)25)28-24(20-11-5-2-6-12-20)13-7-10-19-8-3-1-4-9-19;1-2/h1-6,8-9,11-12,14-18,24H,7,10,13H2;2H2,1H3. The van der Waals surface area contributed by atoms with Gasteiger partial charge in [0.25, 0.3) is 0 Å². The molecule has 1 unspecified atom stereocenters. The third-order valence-electron chi connectivity index (χ3n) is 4.86. The molecule has 0 fully saturated rings. The molecule has 1 aromatic heterocycles. The van der Waals surface area contributed by atoms with Gasteiger partial charge in [0, 0.05) is 6.07 Å². The highest BCUT2D eigenvalue weighted by Crippen LogP contribution is 2.28. The molecule has 3 aromatic carbocycles. The Morgan fingerprint density at radius 3 is 2.33 bits per heavy atom. The zero-order valence-electron chi connectivity index (χ0n) is 17.2. The van der Waals surface area contributed by atoms with Crippen LogP contribution >= 0.6 is 0 Å². The van der Waals surface area contributed by atoms with Crippen LogP contribution in [0.1, 0.15) is 30.1 Å². The molecule has 0 spiro atoms. The molecule has 4 rings (SSSR count). The lowest BCUT2D eigenvalue weighted by atomic mass is 10.0. The first-order valence-corrected chi connectivity index (χ1v) is 10.1. The van der Waals surface area contributed by atoms with E-state index in [1.54, 1.807) is 12.1 Å². The molecule has 4 heteroatoms. The summed E-state index contributed by atoms with van der Waals surface area (Å²) in [5.41, 5.74) is 7.47. The van der Waals surface area contributed by atoms with Crippen molar-refractivity contribution in [1.82, 2.24) is 0 Å². The quantitative estimate of drug-likeness (QED) is 0.443. The highest BCUT2D eigenvalue weighted by molar-refractivity contribution is 5.77. The Hall–Kier alpha value is -3.37. The summed E-state index contributed by atoms with van der Waals surface area (Å²) in [5.74, 6) is 0.680. The molecular weight excluding hydrogens is 374 g/mol. The number of fused-ring (bicyclic) bond motifs is 1. The van der Waals surface area contributed by atoms with Crippen molar-refractivity contribution < 1.29 is 9.15 Å². The van der Waals surface area contributed by atoms with Crippen molar-refractivity contribution in [3.05, 3.63) is 113 Å². The summed E-state index contributed by atoms with van der Waals surface area (Å²) in [4.78, 5) is 12.1. The Balaban J connectivity index is 0.00000124. The van der Waals surface area contributed by atoms with Crippen molar-refractivity contribution in [3.8, 4) is 5.75 Å². The summed E-state index contributed by atoms with van der Waals surface area (Å²) in [6.07, 6.45) is 4.26. The fourth-order valence-electron chi connectivity index (χ4n) is 3.40. The number of nitrogens with two attached hydrogens (primary N) is 1. The van der Waals surface area contributed by atoms with Crippen molar-refractivity contribution in [2.75, 3.05) is 7.05 Å². The van der Waals surface area contributed by atoms with E-state index in [1.165, 1.54) is 24.9 Å². The van der Waals surface area contributed by atoms with E-state index in [9.17, 15) is 4.79 Å². The van der Waals surface area contributed by atoms with Crippen LogP contribution in [0.5, 0.6) is 5.75 Å². The van der Waals surface area contributed by atoms with Gasteiger partial charge < -0.3 is 14.9 Å². The summed E-state index contributed by atoms with van der Waals surface area (Å²) in [6, 6.07) is 27.6. The van der Waals surface area contributed by atoms with Crippen LogP contribution in [0, 0.1) is 0 Å². The lowest BCUT2D eigenvalue weighted by molar-refractivity contribution is 0.192. The monoisotopic (exact) mass is 401 g/mol. The zero-order chi connectivity index (χ0) is 21.2. The molecule has 0 aliphatic heterocycles. The Labute approximate surface area is 176 Å². The summed E-state index contributed by atoms with van der Waals surface area (Å²) in [7, 11) is 1.50. The van der Waals surface area contributed by atoms with E-state index in [4.69, 9.17) is 9.15 Å². The molecule has 0 saturated carbocycles. The maximum Gasteiger partial charge on any atom is 0.192 e. The SMILES string of the molecule is CN.O=c1ccoc2ccc(OC(CCCc3ccccc3)c3ccccc3)cc12. The van der Waals surface area contributed by atoms with E-state index >= 15 is 0 Å². The largest absolute Gasteiger partial charge is 0.486 e. The first kappa shape index (κ1) is 21.3. The number of hydrogen-bond acceptors (Lipinski definition) is 4. The molecule has 30 heavy (non-hydrogen) atoms. The maximum atomic E-state index is 12.1. The number of rotatable bonds is 7.